The van der Waals surface area contributed by atoms with E-state index in [0.717, 1.165) is 32.4 Å². The highest BCUT2D eigenvalue weighted by Crippen LogP contribution is 2.17. The Hall–Kier alpha value is -1.34. The minimum Gasteiger partial charge on any atom is -0.382 e. The van der Waals surface area contributed by atoms with Crippen LogP contribution in [-0.4, -0.2) is 64.5 Å². The number of carbonyl (C=O) groups is 1. The van der Waals surface area contributed by atoms with E-state index in [1.165, 1.54) is 19.3 Å². The van der Waals surface area contributed by atoms with E-state index in [1.54, 1.807) is 7.11 Å². The largest absolute Gasteiger partial charge is 0.382 e. The minimum absolute atomic E-state index is 0.00185. The van der Waals surface area contributed by atoms with Crippen molar-refractivity contribution in [3.05, 3.63) is 0 Å². The number of hydrogen-bond donors (Lipinski definition) is 3. The summed E-state index contributed by atoms with van der Waals surface area (Å²) in [6, 6.07) is 0.334. The lowest BCUT2D eigenvalue weighted by atomic mass is 9.95. The van der Waals surface area contributed by atoms with Gasteiger partial charge in [-0.1, -0.05) is 19.3 Å². The Morgan fingerprint density at radius 3 is 2.62 bits per heavy atom. The van der Waals surface area contributed by atoms with Gasteiger partial charge in [0, 0.05) is 32.8 Å². The first-order valence-corrected chi connectivity index (χ1v) is 9.14. The van der Waals surface area contributed by atoms with Gasteiger partial charge in [-0.05, 0) is 26.2 Å². The van der Waals surface area contributed by atoms with Crippen LogP contribution in [0.25, 0.3) is 0 Å². The van der Waals surface area contributed by atoms with Crippen LogP contribution in [0.2, 0.25) is 0 Å². The number of nitrogens with one attached hydrogen (secondary N) is 3. The number of carbonyl (C=O) groups excluding carboxylic acids is 1. The Labute approximate surface area is 146 Å². The van der Waals surface area contributed by atoms with Crippen molar-refractivity contribution >= 4 is 11.9 Å². The molecule has 3 N–H and O–H groups in total. The number of nitrogens with zero attached hydrogens (tertiary/aromatic N) is 1. The van der Waals surface area contributed by atoms with Crippen LogP contribution in [0.4, 0.5) is 0 Å². The van der Waals surface area contributed by atoms with E-state index in [1.807, 2.05) is 6.92 Å². The lowest BCUT2D eigenvalue weighted by Crippen LogP contribution is -2.41. The predicted molar refractivity (Wildman–Crippen MR) is 96.3 cm³/mol. The Kier molecular flexibility index (Phi) is 12.1. The van der Waals surface area contributed by atoms with Crippen LogP contribution in [0.3, 0.4) is 0 Å². The molecule has 0 aromatic carbocycles. The van der Waals surface area contributed by atoms with Crippen molar-refractivity contribution in [2.45, 2.75) is 51.5 Å². The molecule has 0 bridgehead atoms. The molecule has 0 atom stereocenters. The number of ether oxygens (including phenoxy) is 2. The van der Waals surface area contributed by atoms with Gasteiger partial charge in [-0.2, -0.15) is 0 Å². The average Bonchev–Trinajstić information content (AvgIpc) is 2.59. The maximum Gasteiger partial charge on any atom is 0.242 e. The lowest BCUT2D eigenvalue weighted by molar-refractivity contribution is -0.120. The fourth-order valence-corrected chi connectivity index (χ4v) is 2.64. The number of guanidine groups is 1. The van der Waals surface area contributed by atoms with Crippen LogP contribution >= 0.6 is 0 Å². The molecule has 0 radical (unpaired) electrons. The molecule has 1 aliphatic carbocycles. The smallest absolute Gasteiger partial charge is 0.242 e. The quantitative estimate of drug-likeness (QED) is 0.297. The van der Waals surface area contributed by atoms with Crippen LogP contribution in [0.5, 0.6) is 0 Å². The summed E-state index contributed by atoms with van der Waals surface area (Å²) in [5.74, 6) is 0.676. The van der Waals surface area contributed by atoms with E-state index >= 15 is 0 Å². The zero-order valence-corrected chi connectivity index (χ0v) is 15.2. The second-order valence-electron chi connectivity index (χ2n) is 5.98. The van der Waals surface area contributed by atoms with Gasteiger partial charge in [0.05, 0.1) is 13.2 Å². The number of amides is 1. The summed E-state index contributed by atoms with van der Waals surface area (Å²) < 4.78 is 10.3. The summed E-state index contributed by atoms with van der Waals surface area (Å²) in [7, 11) is 1.66. The van der Waals surface area contributed by atoms with E-state index in [0.29, 0.717) is 31.8 Å². The van der Waals surface area contributed by atoms with Crippen molar-refractivity contribution in [1.29, 1.82) is 0 Å². The molecule has 0 heterocycles. The molecule has 0 aliphatic heterocycles. The third-order valence-corrected chi connectivity index (χ3v) is 3.88. The van der Waals surface area contributed by atoms with E-state index in [4.69, 9.17) is 9.47 Å². The Bertz CT molecular complexity index is 358. The van der Waals surface area contributed by atoms with Crippen molar-refractivity contribution in [2.75, 3.05) is 46.6 Å². The predicted octanol–water partition coefficient (Wildman–Crippen LogP) is 1.04. The molecular formula is C17H34N4O3. The Morgan fingerprint density at radius 2 is 1.92 bits per heavy atom. The molecule has 0 spiro atoms. The van der Waals surface area contributed by atoms with Crippen molar-refractivity contribution in [1.82, 2.24) is 16.0 Å². The maximum absolute atomic E-state index is 12.0. The van der Waals surface area contributed by atoms with Gasteiger partial charge >= 0.3 is 0 Å². The third-order valence-electron chi connectivity index (χ3n) is 3.88. The molecule has 1 amide bonds. The summed E-state index contributed by atoms with van der Waals surface area (Å²) >= 11 is 0. The highest BCUT2D eigenvalue weighted by atomic mass is 16.5. The highest BCUT2D eigenvalue weighted by molar-refractivity contribution is 5.84. The maximum atomic E-state index is 12.0. The number of methoxy groups -OCH3 is 1. The SMILES string of the molecule is CCNC(=NCC(=O)NC1CCCCC1)NCCCOCCOC. The molecule has 7 nitrogen and oxygen atoms in total. The first-order chi connectivity index (χ1) is 11.8. The van der Waals surface area contributed by atoms with Crippen LogP contribution in [0.1, 0.15) is 45.4 Å². The molecule has 0 unspecified atom stereocenters. The van der Waals surface area contributed by atoms with E-state index in [-0.39, 0.29) is 12.5 Å². The van der Waals surface area contributed by atoms with E-state index in [9.17, 15) is 4.79 Å². The van der Waals surface area contributed by atoms with Crippen LogP contribution in [0.15, 0.2) is 4.99 Å². The zero-order chi connectivity index (χ0) is 17.5. The van der Waals surface area contributed by atoms with Gasteiger partial charge in [0.25, 0.3) is 0 Å². The van der Waals surface area contributed by atoms with Gasteiger partial charge in [0.1, 0.15) is 6.54 Å². The van der Waals surface area contributed by atoms with Crippen molar-refractivity contribution in [3.63, 3.8) is 0 Å². The molecule has 0 aromatic rings. The summed E-state index contributed by atoms with van der Waals surface area (Å²) in [4.78, 5) is 16.3. The minimum atomic E-state index is 0.00185. The summed E-state index contributed by atoms with van der Waals surface area (Å²) in [6.07, 6.45) is 6.78. The Morgan fingerprint density at radius 1 is 1.12 bits per heavy atom. The molecule has 24 heavy (non-hydrogen) atoms. The van der Waals surface area contributed by atoms with Crippen molar-refractivity contribution < 1.29 is 14.3 Å². The molecule has 0 aromatic heterocycles. The number of hydrogen-bond acceptors (Lipinski definition) is 4. The molecule has 1 fully saturated rings. The van der Waals surface area contributed by atoms with Gasteiger partial charge in [-0.15, -0.1) is 0 Å². The van der Waals surface area contributed by atoms with E-state index < -0.39 is 0 Å². The van der Waals surface area contributed by atoms with Gasteiger partial charge in [0.15, 0.2) is 5.96 Å². The molecule has 140 valence electrons. The third kappa shape index (κ3) is 10.4. The first kappa shape index (κ1) is 20.7. The molecule has 1 saturated carbocycles. The second-order valence-corrected chi connectivity index (χ2v) is 5.98. The van der Waals surface area contributed by atoms with Crippen molar-refractivity contribution in [2.24, 2.45) is 4.99 Å². The first-order valence-electron chi connectivity index (χ1n) is 9.14. The summed E-state index contributed by atoms with van der Waals surface area (Å²) in [6.45, 7) is 5.60. The van der Waals surface area contributed by atoms with Crippen LogP contribution in [0, 0.1) is 0 Å². The van der Waals surface area contributed by atoms with Gasteiger partial charge < -0.3 is 25.4 Å². The average molecular weight is 342 g/mol. The lowest BCUT2D eigenvalue weighted by Gasteiger charge is -2.22. The monoisotopic (exact) mass is 342 g/mol. The summed E-state index contributed by atoms with van der Waals surface area (Å²) in [5.41, 5.74) is 0. The van der Waals surface area contributed by atoms with Crippen LogP contribution < -0.4 is 16.0 Å². The molecule has 1 rings (SSSR count). The van der Waals surface area contributed by atoms with Gasteiger partial charge in [-0.25, -0.2) is 4.99 Å². The number of rotatable bonds is 11. The molecular weight excluding hydrogens is 308 g/mol. The standard InChI is InChI=1S/C17H34N4O3/c1-3-18-17(19-10-7-11-24-13-12-23-2)20-14-16(22)21-15-8-5-4-6-9-15/h15H,3-14H2,1-2H3,(H,21,22)(H2,18,19,20). The second kappa shape index (κ2) is 14.0. The van der Waals surface area contributed by atoms with Gasteiger partial charge in [0.2, 0.25) is 5.91 Å². The normalized spacial score (nSPS) is 16.0. The highest BCUT2D eigenvalue weighted by Gasteiger charge is 2.15. The van der Waals surface area contributed by atoms with Crippen LogP contribution in [-0.2, 0) is 14.3 Å². The van der Waals surface area contributed by atoms with Gasteiger partial charge in [-0.3, -0.25) is 4.79 Å². The van der Waals surface area contributed by atoms with Crippen molar-refractivity contribution in [3.8, 4) is 0 Å². The summed E-state index contributed by atoms with van der Waals surface area (Å²) in [5, 5.41) is 9.45. The molecule has 7 heteroatoms. The molecule has 1 aliphatic rings. The molecule has 0 saturated heterocycles. The topological polar surface area (TPSA) is 84.0 Å². The Balaban J connectivity index is 2.19. The fraction of sp³-hybridized carbons (Fsp3) is 0.882. The number of aliphatic imine (C=N–C) groups is 1. The van der Waals surface area contributed by atoms with E-state index in [2.05, 4.69) is 20.9 Å². The zero-order valence-electron chi connectivity index (χ0n) is 15.2. The fourth-order valence-electron chi connectivity index (χ4n) is 2.64.